The molecule has 0 heterocycles. The van der Waals surface area contributed by atoms with E-state index in [1.54, 1.807) is 0 Å². The first-order chi connectivity index (χ1) is 9.24. The lowest BCUT2D eigenvalue weighted by Gasteiger charge is -2.26. The Morgan fingerprint density at radius 3 is 2.26 bits per heavy atom. The van der Waals surface area contributed by atoms with Gasteiger partial charge in [0.05, 0.1) is 6.42 Å². The fourth-order valence-corrected chi connectivity index (χ4v) is 2.46. The topological polar surface area (TPSA) is 29.1 Å². The molecule has 0 radical (unpaired) electrons. The summed E-state index contributed by atoms with van der Waals surface area (Å²) < 4.78 is 0. The van der Waals surface area contributed by atoms with Gasteiger partial charge in [0.1, 0.15) is 0 Å². The quantitative estimate of drug-likeness (QED) is 0.877. The predicted molar refractivity (Wildman–Crippen MR) is 81.1 cm³/mol. The van der Waals surface area contributed by atoms with Crippen molar-refractivity contribution >= 4 is 5.91 Å². The Kier molecular flexibility index (Phi) is 7.24. The van der Waals surface area contributed by atoms with Crippen LogP contribution in [0.1, 0.15) is 52.0 Å². The van der Waals surface area contributed by atoms with Gasteiger partial charge in [-0.25, -0.2) is 0 Å². The van der Waals surface area contributed by atoms with Crippen molar-refractivity contribution in [3.05, 3.63) is 35.9 Å². The highest BCUT2D eigenvalue weighted by molar-refractivity contribution is 5.78. The summed E-state index contributed by atoms with van der Waals surface area (Å²) in [6.45, 7) is 6.29. The highest BCUT2D eigenvalue weighted by atomic mass is 16.1. The molecule has 2 heteroatoms. The maximum Gasteiger partial charge on any atom is 0.224 e. The molecule has 1 amide bonds. The molecular weight excluding hydrogens is 234 g/mol. The molecule has 106 valence electrons. The van der Waals surface area contributed by atoms with E-state index in [0.717, 1.165) is 24.3 Å². The summed E-state index contributed by atoms with van der Waals surface area (Å²) in [5.41, 5.74) is 1.09. The van der Waals surface area contributed by atoms with Crippen molar-refractivity contribution in [3.8, 4) is 0 Å². The monoisotopic (exact) mass is 261 g/mol. The third-order valence-corrected chi connectivity index (χ3v) is 3.59. The van der Waals surface area contributed by atoms with E-state index in [1.807, 2.05) is 44.2 Å². The molecule has 1 N–H and O–H groups in total. The Hall–Kier alpha value is -1.31. The summed E-state index contributed by atoms with van der Waals surface area (Å²) in [6, 6.07) is 10.3. The largest absolute Gasteiger partial charge is 0.353 e. The maximum absolute atomic E-state index is 11.9. The van der Waals surface area contributed by atoms with Crippen LogP contribution in [-0.4, -0.2) is 11.9 Å². The van der Waals surface area contributed by atoms with E-state index in [1.165, 1.54) is 12.8 Å². The zero-order valence-corrected chi connectivity index (χ0v) is 12.5. The van der Waals surface area contributed by atoms with E-state index < -0.39 is 0 Å². The van der Waals surface area contributed by atoms with Crippen molar-refractivity contribution in [2.24, 2.45) is 5.92 Å². The Labute approximate surface area is 117 Å². The minimum atomic E-state index is 0.163. The second-order valence-electron chi connectivity index (χ2n) is 5.19. The molecule has 2 nitrogen and oxygen atoms in total. The molecule has 0 spiro atoms. The summed E-state index contributed by atoms with van der Waals surface area (Å²) in [5.74, 6) is 0.994. The predicted octanol–water partition coefficient (Wildman–Crippen LogP) is 3.95. The van der Waals surface area contributed by atoms with Crippen molar-refractivity contribution in [1.82, 2.24) is 5.32 Å². The van der Waals surface area contributed by atoms with E-state index in [4.69, 9.17) is 0 Å². The minimum absolute atomic E-state index is 0.163. The van der Waals surface area contributed by atoms with Crippen molar-refractivity contribution in [3.63, 3.8) is 0 Å². The highest BCUT2D eigenvalue weighted by Crippen LogP contribution is 2.23. The number of nitrogens with one attached hydrogen (secondary N) is 1. The van der Waals surface area contributed by atoms with Gasteiger partial charge in [0.25, 0.3) is 0 Å². The molecular formula is C17H27NO. The van der Waals surface area contributed by atoms with Crippen LogP contribution in [0, 0.1) is 5.92 Å². The van der Waals surface area contributed by atoms with Crippen LogP contribution in [-0.2, 0) is 11.2 Å². The second kappa shape index (κ2) is 8.73. The third-order valence-electron chi connectivity index (χ3n) is 3.59. The molecule has 1 aromatic rings. The molecule has 0 atom stereocenters. The van der Waals surface area contributed by atoms with Gasteiger partial charge in [0, 0.05) is 6.04 Å². The average Bonchev–Trinajstić information content (AvgIpc) is 2.45. The maximum atomic E-state index is 11.9. The van der Waals surface area contributed by atoms with Crippen molar-refractivity contribution < 1.29 is 4.79 Å². The number of hydrogen-bond donors (Lipinski definition) is 1. The summed E-state index contributed by atoms with van der Waals surface area (Å²) in [5, 5.41) is 3.15. The molecule has 1 aliphatic rings. The summed E-state index contributed by atoms with van der Waals surface area (Å²) in [7, 11) is 0. The van der Waals surface area contributed by atoms with Crippen molar-refractivity contribution in [1.29, 1.82) is 0 Å². The number of carbonyl (C=O) groups is 1. The van der Waals surface area contributed by atoms with Crippen molar-refractivity contribution in [2.45, 2.75) is 58.9 Å². The Morgan fingerprint density at radius 2 is 1.68 bits per heavy atom. The standard InChI is InChI=1S/C15H21NO.C2H6/c1-12-7-9-14(10-8-12)16-15(17)11-13-5-3-2-4-6-13;1-2/h2-6,12,14H,7-11H2,1H3,(H,16,17);1-2H3. The Morgan fingerprint density at radius 1 is 1.11 bits per heavy atom. The molecule has 1 saturated carbocycles. The van der Waals surface area contributed by atoms with Gasteiger partial charge in [-0.1, -0.05) is 51.1 Å². The number of rotatable bonds is 3. The summed E-state index contributed by atoms with van der Waals surface area (Å²) >= 11 is 0. The van der Waals surface area contributed by atoms with E-state index in [-0.39, 0.29) is 5.91 Å². The number of amides is 1. The van der Waals surface area contributed by atoms with E-state index in [0.29, 0.717) is 12.5 Å². The normalized spacial score (nSPS) is 22.1. The zero-order valence-electron chi connectivity index (χ0n) is 12.5. The molecule has 1 fully saturated rings. The molecule has 0 saturated heterocycles. The smallest absolute Gasteiger partial charge is 0.224 e. The molecule has 0 unspecified atom stereocenters. The van der Waals surface area contributed by atoms with Crippen LogP contribution in [0.2, 0.25) is 0 Å². The second-order valence-corrected chi connectivity index (χ2v) is 5.19. The number of hydrogen-bond acceptors (Lipinski definition) is 1. The fourth-order valence-electron chi connectivity index (χ4n) is 2.46. The first-order valence-corrected chi connectivity index (χ1v) is 7.57. The van der Waals surface area contributed by atoms with Crippen LogP contribution in [0.5, 0.6) is 0 Å². The van der Waals surface area contributed by atoms with Gasteiger partial charge >= 0.3 is 0 Å². The Bertz CT molecular complexity index is 353. The van der Waals surface area contributed by atoms with E-state index in [9.17, 15) is 4.79 Å². The molecule has 0 aromatic heterocycles. The lowest BCUT2D eigenvalue weighted by molar-refractivity contribution is -0.121. The SMILES string of the molecule is CC.CC1CCC(NC(=O)Cc2ccccc2)CC1. The Balaban J connectivity index is 0.000000861. The van der Waals surface area contributed by atoms with Crippen LogP contribution in [0.4, 0.5) is 0 Å². The third kappa shape index (κ3) is 5.91. The molecule has 0 aliphatic heterocycles. The van der Waals surface area contributed by atoms with Gasteiger partial charge in [-0.05, 0) is 37.2 Å². The minimum Gasteiger partial charge on any atom is -0.353 e. The van der Waals surface area contributed by atoms with E-state index in [2.05, 4.69) is 12.2 Å². The van der Waals surface area contributed by atoms with Gasteiger partial charge in [-0.2, -0.15) is 0 Å². The molecule has 2 rings (SSSR count). The van der Waals surface area contributed by atoms with Crippen LogP contribution in [0.25, 0.3) is 0 Å². The first-order valence-electron chi connectivity index (χ1n) is 7.57. The van der Waals surface area contributed by atoms with Crippen LogP contribution >= 0.6 is 0 Å². The van der Waals surface area contributed by atoms with Crippen molar-refractivity contribution in [2.75, 3.05) is 0 Å². The van der Waals surface area contributed by atoms with Crippen LogP contribution in [0.15, 0.2) is 30.3 Å². The van der Waals surface area contributed by atoms with Gasteiger partial charge in [-0.15, -0.1) is 0 Å². The fraction of sp³-hybridized carbons (Fsp3) is 0.588. The van der Waals surface area contributed by atoms with Gasteiger partial charge < -0.3 is 5.32 Å². The molecule has 19 heavy (non-hydrogen) atoms. The van der Waals surface area contributed by atoms with Crippen LogP contribution < -0.4 is 5.32 Å². The van der Waals surface area contributed by atoms with Gasteiger partial charge in [-0.3, -0.25) is 4.79 Å². The van der Waals surface area contributed by atoms with Gasteiger partial charge in [0.15, 0.2) is 0 Å². The van der Waals surface area contributed by atoms with Gasteiger partial charge in [0.2, 0.25) is 5.91 Å². The average molecular weight is 261 g/mol. The molecule has 1 aromatic carbocycles. The van der Waals surface area contributed by atoms with E-state index >= 15 is 0 Å². The van der Waals surface area contributed by atoms with Crippen LogP contribution in [0.3, 0.4) is 0 Å². The lowest BCUT2D eigenvalue weighted by Crippen LogP contribution is -2.38. The number of carbonyl (C=O) groups excluding carboxylic acids is 1. The molecule has 0 bridgehead atoms. The highest BCUT2D eigenvalue weighted by Gasteiger charge is 2.19. The first kappa shape index (κ1) is 15.7. The zero-order chi connectivity index (χ0) is 14.1. The summed E-state index contributed by atoms with van der Waals surface area (Å²) in [4.78, 5) is 11.9. The lowest BCUT2D eigenvalue weighted by atomic mass is 9.87. The number of benzene rings is 1. The summed E-state index contributed by atoms with van der Waals surface area (Å²) in [6.07, 6.45) is 5.28. The molecule has 1 aliphatic carbocycles.